The Labute approximate surface area is 145 Å². The largest absolute Gasteiger partial charge is 0.493 e. The van der Waals surface area contributed by atoms with Crippen LogP contribution in [0.1, 0.15) is 24.2 Å². The number of carbonyl (C=O) groups excluding carboxylic acids is 1. The molecule has 0 radical (unpaired) electrons. The van der Waals surface area contributed by atoms with Crippen LogP contribution in [0.25, 0.3) is 0 Å². The summed E-state index contributed by atoms with van der Waals surface area (Å²) in [4.78, 5) is 11.3. The lowest BCUT2D eigenvalue weighted by molar-refractivity contribution is -0.172. The number of benzene rings is 1. The molecule has 0 aliphatic carbocycles. The topological polar surface area (TPSA) is 44.8 Å². The quantitative estimate of drug-likeness (QED) is 0.482. The zero-order valence-electron chi connectivity index (χ0n) is 13.7. The van der Waals surface area contributed by atoms with Crippen LogP contribution in [0.4, 0.5) is 22.0 Å². The number of alkyl halides is 5. The smallest absolute Gasteiger partial charge is 0.442 e. The van der Waals surface area contributed by atoms with Crippen molar-refractivity contribution in [1.29, 1.82) is 0 Å². The van der Waals surface area contributed by atoms with Crippen LogP contribution in [0, 0.1) is 0 Å². The fourth-order valence-corrected chi connectivity index (χ4v) is 2.89. The normalized spacial score (nSPS) is 13.3. The van der Waals surface area contributed by atoms with Gasteiger partial charge in [0.1, 0.15) is 0 Å². The van der Waals surface area contributed by atoms with Crippen molar-refractivity contribution >= 4 is 17.7 Å². The van der Waals surface area contributed by atoms with Gasteiger partial charge in [-0.15, -0.1) is 0 Å². The summed E-state index contributed by atoms with van der Waals surface area (Å²) >= 11 is -0.634. The predicted molar refractivity (Wildman–Crippen MR) is 82.1 cm³/mol. The molecule has 4 nitrogen and oxygen atoms in total. The van der Waals surface area contributed by atoms with Crippen molar-refractivity contribution in [2.75, 3.05) is 20.8 Å². The lowest BCUT2D eigenvalue weighted by Gasteiger charge is -2.23. The van der Waals surface area contributed by atoms with Gasteiger partial charge in [-0.2, -0.15) is 22.0 Å². The van der Waals surface area contributed by atoms with Crippen LogP contribution in [0.2, 0.25) is 0 Å². The van der Waals surface area contributed by atoms with E-state index in [0.717, 1.165) is 0 Å². The second kappa shape index (κ2) is 8.59. The minimum atomic E-state index is -4.78. The van der Waals surface area contributed by atoms with E-state index in [4.69, 9.17) is 9.47 Å². The first-order valence-electron chi connectivity index (χ1n) is 7.05. The molecule has 1 aromatic rings. The summed E-state index contributed by atoms with van der Waals surface area (Å²) in [6, 6.07) is 3.69. The fourth-order valence-electron chi connectivity index (χ4n) is 1.99. The molecule has 0 aromatic heterocycles. The second-order valence-electron chi connectivity index (χ2n) is 4.80. The van der Waals surface area contributed by atoms with Crippen molar-refractivity contribution in [2.45, 2.75) is 30.0 Å². The Balaban J connectivity index is 3.19. The summed E-state index contributed by atoms with van der Waals surface area (Å²) in [6.07, 6.45) is -1.37. The van der Waals surface area contributed by atoms with Gasteiger partial charge in [-0.25, -0.2) is 4.79 Å². The third-order valence-corrected chi connectivity index (χ3v) is 4.06. The molecule has 0 saturated heterocycles. The van der Waals surface area contributed by atoms with Crippen LogP contribution in [-0.2, 0) is 9.53 Å². The summed E-state index contributed by atoms with van der Waals surface area (Å²) in [6.45, 7) is 1.02. The molecule has 0 aliphatic heterocycles. The van der Waals surface area contributed by atoms with E-state index in [2.05, 4.69) is 4.74 Å². The predicted octanol–water partition coefficient (Wildman–Crippen LogP) is 4.59. The summed E-state index contributed by atoms with van der Waals surface area (Å²) in [5, 5.41) is -1.74. The molecule has 1 atom stereocenters. The molecule has 0 N–H and O–H groups in total. The molecule has 0 fully saturated rings. The molecule has 1 unspecified atom stereocenters. The molecule has 25 heavy (non-hydrogen) atoms. The van der Waals surface area contributed by atoms with Crippen molar-refractivity contribution in [3.8, 4) is 11.5 Å². The molecule has 0 saturated carbocycles. The Hall–Kier alpha value is -1.71. The molecule has 142 valence electrons. The van der Waals surface area contributed by atoms with Crippen molar-refractivity contribution in [1.82, 2.24) is 0 Å². The fraction of sp³-hybridized carbons (Fsp3) is 0.533. The molecule has 0 heterocycles. The first kappa shape index (κ1) is 21.3. The summed E-state index contributed by atoms with van der Waals surface area (Å²) in [5.74, 6) is -5.60. The molecule has 0 aliphatic rings. The molecule has 0 amide bonds. The maximum Gasteiger partial charge on any atom is 0.442 e. The van der Waals surface area contributed by atoms with E-state index >= 15 is 0 Å². The first-order chi connectivity index (χ1) is 11.5. The Kier molecular flexibility index (Phi) is 7.33. The number of halogens is 5. The van der Waals surface area contributed by atoms with Gasteiger partial charge in [0.25, 0.3) is 0 Å². The van der Waals surface area contributed by atoms with Gasteiger partial charge in [0.05, 0.1) is 20.8 Å². The van der Waals surface area contributed by atoms with Gasteiger partial charge >= 0.3 is 17.4 Å². The van der Waals surface area contributed by atoms with Gasteiger partial charge < -0.3 is 14.2 Å². The van der Waals surface area contributed by atoms with E-state index < -0.39 is 40.8 Å². The number of thioether (sulfide) groups is 1. The van der Waals surface area contributed by atoms with E-state index in [1.807, 2.05) is 0 Å². The average molecular weight is 388 g/mol. The highest BCUT2D eigenvalue weighted by molar-refractivity contribution is 8.00. The van der Waals surface area contributed by atoms with Crippen molar-refractivity contribution in [2.24, 2.45) is 0 Å². The van der Waals surface area contributed by atoms with Gasteiger partial charge in [0.2, 0.25) is 0 Å². The third-order valence-electron chi connectivity index (χ3n) is 3.07. The highest BCUT2D eigenvalue weighted by Crippen LogP contribution is 2.48. The number of hydrogen-bond donors (Lipinski definition) is 0. The summed E-state index contributed by atoms with van der Waals surface area (Å²) in [5.41, 5.74) is -4.85. The van der Waals surface area contributed by atoms with Crippen LogP contribution >= 0.6 is 11.8 Å². The van der Waals surface area contributed by atoms with E-state index in [1.54, 1.807) is 0 Å². The van der Waals surface area contributed by atoms with Gasteiger partial charge in [0.15, 0.2) is 11.5 Å². The first-order valence-corrected chi connectivity index (χ1v) is 7.93. The van der Waals surface area contributed by atoms with E-state index in [9.17, 15) is 26.7 Å². The van der Waals surface area contributed by atoms with Gasteiger partial charge in [-0.3, -0.25) is 0 Å². The van der Waals surface area contributed by atoms with E-state index in [1.165, 1.54) is 39.3 Å². The van der Waals surface area contributed by atoms with Gasteiger partial charge in [-0.1, -0.05) is 6.07 Å². The molecular weight excluding hydrogens is 371 g/mol. The number of hydrogen-bond acceptors (Lipinski definition) is 5. The molecule has 0 bridgehead atoms. The molecular formula is C15H17F5O4S. The Bertz CT molecular complexity index is 592. The Morgan fingerprint density at radius 1 is 1.12 bits per heavy atom. The number of carbonyl (C=O) groups is 1. The second-order valence-corrected chi connectivity index (χ2v) is 6.06. The zero-order valence-corrected chi connectivity index (χ0v) is 14.5. The highest BCUT2D eigenvalue weighted by Gasteiger charge is 2.46. The number of rotatable bonds is 8. The summed E-state index contributed by atoms with van der Waals surface area (Å²) in [7, 11) is 2.59. The molecule has 1 rings (SSSR count). The molecule has 1 aromatic carbocycles. The third kappa shape index (κ3) is 6.26. The Morgan fingerprint density at radius 3 is 2.20 bits per heavy atom. The number of ether oxygens (including phenoxy) is 3. The molecule has 0 spiro atoms. The van der Waals surface area contributed by atoms with Gasteiger partial charge in [-0.05, 0) is 36.4 Å². The minimum Gasteiger partial charge on any atom is -0.493 e. The maximum atomic E-state index is 13.9. The van der Waals surface area contributed by atoms with E-state index in [0.29, 0.717) is 0 Å². The van der Waals surface area contributed by atoms with Crippen molar-refractivity contribution < 1.29 is 41.0 Å². The van der Waals surface area contributed by atoms with Crippen LogP contribution in [0.5, 0.6) is 11.5 Å². The highest BCUT2D eigenvalue weighted by atomic mass is 32.2. The zero-order chi connectivity index (χ0) is 19.3. The number of esters is 1. The van der Waals surface area contributed by atoms with Crippen LogP contribution in [0.15, 0.2) is 18.2 Å². The minimum absolute atomic E-state index is 0.0797. The standard InChI is InChI=1S/C15H17F5O4S/c1-4-24-13(21)14(16,17)8-12(25-15(18,19)20)9-5-6-10(22-2)11(7-9)23-3/h5-7,12H,4,8H2,1-3H3. The molecule has 10 heteroatoms. The lowest BCUT2D eigenvalue weighted by atomic mass is 10.0. The van der Waals surface area contributed by atoms with Crippen molar-refractivity contribution in [3.05, 3.63) is 23.8 Å². The monoisotopic (exact) mass is 388 g/mol. The van der Waals surface area contributed by atoms with Crippen LogP contribution < -0.4 is 9.47 Å². The summed E-state index contributed by atoms with van der Waals surface area (Å²) < 4.78 is 80.4. The Morgan fingerprint density at radius 2 is 1.72 bits per heavy atom. The van der Waals surface area contributed by atoms with Gasteiger partial charge in [0, 0.05) is 11.7 Å². The van der Waals surface area contributed by atoms with Crippen LogP contribution in [0.3, 0.4) is 0 Å². The number of methoxy groups -OCH3 is 2. The lowest BCUT2D eigenvalue weighted by Crippen LogP contribution is -2.32. The average Bonchev–Trinajstić information content (AvgIpc) is 2.52. The maximum absolute atomic E-state index is 13.9. The SMILES string of the molecule is CCOC(=O)C(F)(F)CC(SC(F)(F)F)c1ccc(OC)c(OC)c1. The van der Waals surface area contributed by atoms with E-state index in [-0.39, 0.29) is 23.7 Å². The van der Waals surface area contributed by atoms with Crippen molar-refractivity contribution in [3.63, 3.8) is 0 Å². The van der Waals surface area contributed by atoms with Crippen LogP contribution in [-0.4, -0.2) is 38.2 Å².